The summed E-state index contributed by atoms with van der Waals surface area (Å²) in [5.74, 6) is -0.146. The fraction of sp³-hybridized carbons (Fsp3) is 0.348. The molecule has 0 saturated heterocycles. The maximum Gasteiger partial charge on any atom is 0.223 e. The van der Waals surface area contributed by atoms with Crippen LogP contribution in [-0.2, 0) is 35.5 Å². The quantitative estimate of drug-likeness (QED) is 0.696. The zero-order valence-electron chi connectivity index (χ0n) is 16.7. The van der Waals surface area contributed by atoms with Crippen molar-refractivity contribution in [3.63, 3.8) is 0 Å². The van der Waals surface area contributed by atoms with Crippen molar-refractivity contribution in [1.82, 2.24) is 20.3 Å². The molecule has 4 rings (SSSR count). The Morgan fingerprint density at radius 2 is 1.83 bits per heavy atom. The number of benzene rings is 2. The summed E-state index contributed by atoms with van der Waals surface area (Å²) >= 11 is 6.01. The van der Waals surface area contributed by atoms with Crippen molar-refractivity contribution in [2.24, 2.45) is 5.92 Å². The van der Waals surface area contributed by atoms with Gasteiger partial charge in [-0.15, -0.1) is 5.10 Å². The third kappa shape index (κ3) is 5.68. The van der Waals surface area contributed by atoms with Crippen molar-refractivity contribution < 1.29 is 9.53 Å². The standard InChI is InChI=1S/C23H25ClN4O2/c24-20-8-6-18(7-9-20)12-19-10-11-28-14-22(26-27-28)16-30-15-21(25-23(19)29)13-17-4-2-1-3-5-17/h1-9,14,19,21H,10-13,15-16H2,(H,25,29)/t19-,21+/m1/s1. The van der Waals surface area contributed by atoms with Crippen LogP contribution in [-0.4, -0.2) is 33.5 Å². The van der Waals surface area contributed by atoms with Crippen LogP contribution in [0.2, 0.25) is 5.02 Å². The van der Waals surface area contributed by atoms with E-state index in [0.717, 1.165) is 11.3 Å². The Kier molecular flexibility index (Phi) is 6.77. The van der Waals surface area contributed by atoms with Crippen LogP contribution in [0.1, 0.15) is 23.2 Å². The van der Waals surface area contributed by atoms with Gasteiger partial charge in [-0.05, 0) is 42.5 Å². The van der Waals surface area contributed by atoms with Gasteiger partial charge in [-0.25, -0.2) is 0 Å². The highest BCUT2D eigenvalue weighted by molar-refractivity contribution is 6.30. The first-order chi connectivity index (χ1) is 14.7. The summed E-state index contributed by atoms with van der Waals surface area (Å²) in [5, 5.41) is 12.3. The fourth-order valence-electron chi connectivity index (χ4n) is 3.71. The molecule has 7 heteroatoms. The van der Waals surface area contributed by atoms with E-state index in [1.807, 2.05) is 48.7 Å². The van der Waals surface area contributed by atoms with Crippen LogP contribution in [0.25, 0.3) is 0 Å². The Labute approximate surface area is 181 Å². The van der Waals surface area contributed by atoms with Gasteiger partial charge in [0.15, 0.2) is 0 Å². The first kappa shape index (κ1) is 20.6. The third-order valence-electron chi connectivity index (χ3n) is 5.30. The fourth-order valence-corrected chi connectivity index (χ4v) is 3.83. The minimum atomic E-state index is -0.184. The average molecular weight is 425 g/mol. The molecule has 3 aromatic rings. The molecule has 0 fully saturated rings. The minimum absolute atomic E-state index is 0.0374. The number of fused-ring (bicyclic) bond motifs is 2. The highest BCUT2D eigenvalue weighted by Crippen LogP contribution is 2.18. The zero-order chi connectivity index (χ0) is 20.8. The Morgan fingerprint density at radius 3 is 2.63 bits per heavy atom. The molecule has 1 aromatic heterocycles. The van der Waals surface area contributed by atoms with Gasteiger partial charge < -0.3 is 10.1 Å². The first-order valence-electron chi connectivity index (χ1n) is 10.2. The summed E-state index contributed by atoms with van der Waals surface area (Å²) in [7, 11) is 0. The van der Waals surface area contributed by atoms with Crippen LogP contribution in [0.3, 0.4) is 0 Å². The highest BCUT2D eigenvalue weighted by Gasteiger charge is 2.23. The van der Waals surface area contributed by atoms with E-state index >= 15 is 0 Å². The molecule has 2 atom stereocenters. The molecule has 1 amide bonds. The molecule has 0 saturated carbocycles. The number of rotatable bonds is 4. The molecule has 156 valence electrons. The van der Waals surface area contributed by atoms with E-state index in [-0.39, 0.29) is 17.9 Å². The summed E-state index contributed by atoms with van der Waals surface area (Å²) in [4.78, 5) is 13.2. The van der Waals surface area contributed by atoms with Crippen LogP contribution in [0.5, 0.6) is 0 Å². The number of aryl methyl sites for hydroxylation is 1. The molecule has 2 bridgehead atoms. The molecule has 1 aliphatic heterocycles. The number of amides is 1. The summed E-state index contributed by atoms with van der Waals surface area (Å²) in [6.07, 6.45) is 3.93. The maximum absolute atomic E-state index is 13.2. The third-order valence-corrected chi connectivity index (χ3v) is 5.55. The largest absolute Gasteiger partial charge is 0.373 e. The molecule has 2 aromatic carbocycles. The van der Waals surface area contributed by atoms with Gasteiger partial charge in [0.25, 0.3) is 0 Å². The van der Waals surface area contributed by atoms with E-state index in [1.165, 1.54) is 5.56 Å². The number of hydrogen-bond acceptors (Lipinski definition) is 4. The van der Waals surface area contributed by atoms with Gasteiger partial charge in [-0.3, -0.25) is 9.48 Å². The van der Waals surface area contributed by atoms with Crippen LogP contribution in [0.4, 0.5) is 0 Å². The average Bonchev–Trinajstić information content (AvgIpc) is 3.20. The number of carbonyl (C=O) groups is 1. The molecule has 0 radical (unpaired) electrons. The number of halogens is 1. The Balaban J connectivity index is 1.53. The van der Waals surface area contributed by atoms with Gasteiger partial charge in [0, 0.05) is 17.5 Å². The lowest BCUT2D eigenvalue weighted by atomic mass is 9.94. The lowest BCUT2D eigenvalue weighted by molar-refractivity contribution is -0.126. The molecule has 1 aliphatic rings. The minimum Gasteiger partial charge on any atom is -0.373 e. The molecule has 2 heterocycles. The van der Waals surface area contributed by atoms with Crippen molar-refractivity contribution in [3.05, 3.63) is 82.6 Å². The second-order valence-corrected chi connectivity index (χ2v) is 8.14. The van der Waals surface area contributed by atoms with E-state index in [9.17, 15) is 4.79 Å². The van der Waals surface area contributed by atoms with Crippen LogP contribution in [0, 0.1) is 5.92 Å². The normalized spacial score (nSPS) is 20.1. The van der Waals surface area contributed by atoms with Gasteiger partial charge in [0.2, 0.25) is 5.91 Å². The molecule has 1 N–H and O–H groups in total. The molecular weight excluding hydrogens is 400 g/mol. The van der Waals surface area contributed by atoms with Crippen LogP contribution in [0.15, 0.2) is 60.8 Å². The van der Waals surface area contributed by atoms with Gasteiger partial charge in [0.1, 0.15) is 5.69 Å². The van der Waals surface area contributed by atoms with Crippen molar-refractivity contribution in [2.75, 3.05) is 6.61 Å². The summed E-state index contributed by atoms with van der Waals surface area (Å²) in [6.45, 7) is 1.43. The molecule has 0 unspecified atom stereocenters. The molecule has 30 heavy (non-hydrogen) atoms. The number of nitrogens with zero attached hydrogens (tertiary/aromatic N) is 3. The highest BCUT2D eigenvalue weighted by atomic mass is 35.5. The van der Waals surface area contributed by atoms with Crippen LogP contribution >= 0.6 is 11.6 Å². The van der Waals surface area contributed by atoms with E-state index in [0.29, 0.717) is 44.0 Å². The van der Waals surface area contributed by atoms with Crippen molar-refractivity contribution >= 4 is 17.5 Å². The number of ether oxygens (including phenoxy) is 1. The number of carbonyl (C=O) groups excluding carboxylic acids is 1. The monoisotopic (exact) mass is 424 g/mol. The predicted molar refractivity (Wildman–Crippen MR) is 115 cm³/mol. The number of aromatic nitrogens is 3. The second kappa shape index (κ2) is 9.87. The second-order valence-electron chi connectivity index (χ2n) is 7.70. The first-order valence-corrected chi connectivity index (χ1v) is 10.6. The van der Waals surface area contributed by atoms with Gasteiger partial charge in [-0.1, -0.05) is 59.3 Å². The van der Waals surface area contributed by atoms with Crippen LogP contribution < -0.4 is 5.32 Å². The Hall–Kier alpha value is -2.70. The van der Waals surface area contributed by atoms with Crippen molar-refractivity contribution in [3.8, 4) is 0 Å². The van der Waals surface area contributed by atoms with E-state index < -0.39 is 0 Å². The number of hydrogen-bond donors (Lipinski definition) is 1. The SMILES string of the molecule is O=C1N[C@@H](Cc2ccccc2)COCc2cn(nn2)CC[C@@H]1Cc1ccc(Cl)cc1. The van der Waals surface area contributed by atoms with Gasteiger partial charge in [0.05, 0.1) is 25.5 Å². The predicted octanol–water partition coefficient (Wildman–Crippen LogP) is 3.44. The van der Waals surface area contributed by atoms with E-state index in [2.05, 4.69) is 27.8 Å². The number of nitrogens with one attached hydrogen (secondary N) is 1. The topological polar surface area (TPSA) is 69.0 Å². The zero-order valence-corrected chi connectivity index (χ0v) is 17.5. The van der Waals surface area contributed by atoms with E-state index in [4.69, 9.17) is 16.3 Å². The molecule has 6 nitrogen and oxygen atoms in total. The summed E-state index contributed by atoms with van der Waals surface area (Å²) in [5.41, 5.74) is 3.05. The molecular formula is C23H25ClN4O2. The lowest BCUT2D eigenvalue weighted by Crippen LogP contribution is -2.43. The van der Waals surface area contributed by atoms with Gasteiger partial charge >= 0.3 is 0 Å². The van der Waals surface area contributed by atoms with Crippen molar-refractivity contribution in [1.29, 1.82) is 0 Å². The molecule has 0 aliphatic carbocycles. The molecule has 0 spiro atoms. The Morgan fingerprint density at radius 1 is 1.07 bits per heavy atom. The summed E-state index contributed by atoms with van der Waals surface area (Å²) in [6, 6.07) is 17.7. The van der Waals surface area contributed by atoms with Crippen molar-refractivity contribution in [2.45, 2.75) is 38.5 Å². The summed E-state index contributed by atoms with van der Waals surface area (Å²) < 4.78 is 7.64. The lowest BCUT2D eigenvalue weighted by Gasteiger charge is -2.23. The smallest absolute Gasteiger partial charge is 0.223 e. The van der Waals surface area contributed by atoms with E-state index in [1.54, 1.807) is 4.68 Å². The maximum atomic E-state index is 13.2. The van der Waals surface area contributed by atoms with Gasteiger partial charge in [-0.2, -0.15) is 0 Å². The Bertz CT molecular complexity index is 959.